The van der Waals surface area contributed by atoms with Gasteiger partial charge in [-0.3, -0.25) is 4.79 Å². The predicted molar refractivity (Wildman–Crippen MR) is 91.6 cm³/mol. The lowest BCUT2D eigenvalue weighted by atomic mass is 10.1. The second kappa shape index (κ2) is 8.48. The van der Waals surface area contributed by atoms with Gasteiger partial charge in [0.15, 0.2) is 23.1 Å². The van der Waals surface area contributed by atoms with Gasteiger partial charge in [-0.2, -0.15) is 0 Å². The highest BCUT2D eigenvalue weighted by atomic mass is 19.1. The van der Waals surface area contributed by atoms with E-state index in [0.29, 0.717) is 31.1 Å². The summed E-state index contributed by atoms with van der Waals surface area (Å²) in [7, 11) is 4.88. The molecule has 0 atom stereocenters. The maximum Gasteiger partial charge on any atom is 0.259 e. The summed E-state index contributed by atoms with van der Waals surface area (Å²) in [5.74, 6) is -0.157. The zero-order chi connectivity index (χ0) is 18.4. The number of ether oxygens (including phenoxy) is 2. The molecular weight excluding hydrogens is 329 g/mol. The fourth-order valence-corrected chi connectivity index (χ4v) is 2.26. The number of carbonyl (C=O) groups excluding carboxylic acids is 1. The van der Waals surface area contributed by atoms with Crippen LogP contribution < -0.4 is 15.0 Å². The monoisotopic (exact) mass is 351 g/mol. The van der Waals surface area contributed by atoms with E-state index in [1.165, 1.54) is 25.3 Å². The molecule has 0 aliphatic heterocycles. The topological polar surface area (TPSA) is 76.8 Å². The lowest BCUT2D eigenvalue weighted by Crippen LogP contribution is -2.29. The molecule has 136 valence electrons. The van der Waals surface area contributed by atoms with Gasteiger partial charge >= 0.3 is 0 Å². The van der Waals surface area contributed by atoms with Crippen LogP contribution in [0.5, 0.6) is 5.75 Å². The summed E-state index contributed by atoms with van der Waals surface area (Å²) >= 11 is 0. The molecule has 0 saturated heterocycles. The van der Waals surface area contributed by atoms with E-state index in [0.717, 1.165) is 0 Å². The molecule has 2 rings (SSSR count). The number of benzene rings is 1. The predicted octanol–water partition coefficient (Wildman–Crippen LogP) is 2.32. The molecule has 1 aromatic carbocycles. The third-order valence-electron chi connectivity index (χ3n) is 3.47. The normalized spacial score (nSPS) is 10.6. The molecule has 1 amide bonds. The lowest BCUT2D eigenvalue weighted by molar-refractivity contribution is 0.0923. The maximum atomic E-state index is 13.6. The zero-order valence-corrected chi connectivity index (χ0v) is 14.8. The van der Waals surface area contributed by atoms with Crippen LogP contribution in [-0.2, 0) is 4.74 Å². The van der Waals surface area contributed by atoms with Crippen molar-refractivity contribution in [3.63, 3.8) is 0 Å². The number of hydrogen-bond acceptors (Lipinski definition) is 6. The number of rotatable bonds is 8. The highest BCUT2D eigenvalue weighted by molar-refractivity contribution is 6.04. The molecule has 0 fully saturated rings. The van der Waals surface area contributed by atoms with Crippen molar-refractivity contribution in [1.82, 2.24) is 10.5 Å². The molecule has 0 aliphatic rings. The van der Waals surface area contributed by atoms with Crippen molar-refractivity contribution in [2.45, 2.75) is 6.92 Å². The maximum absolute atomic E-state index is 13.6. The highest BCUT2D eigenvalue weighted by Gasteiger charge is 2.26. The molecule has 25 heavy (non-hydrogen) atoms. The van der Waals surface area contributed by atoms with Crippen LogP contribution in [-0.4, -0.2) is 52.0 Å². The molecule has 8 heteroatoms. The Labute approximate surface area is 145 Å². The quantitative estimate of drug-likeness (QED) is 0.736. The number of nitrogens with one attached hydrogen (secondary N) is 1. The molecule has 0 saturated carbocycles. The molecule has 0 aliphatic carbocycles. The number of amides is 1. The smallest absolute Gasteiger partial charge is 0.259 e. The van der Waals surface area contributed by atoms with E-state index in [9.17, 15) is 9.18 Å². The summed E-state index contributed by atoms with van der Waals surface area (Å²) < 4.78 is 29.2. The lowest BCUT2D eigenvalue weighted by Gasteiger charge is -2.11. The van der Waals surface area contributed by atoms with Crippen molar-refractivity contribution in [3.05, 3.63) is 29.6 Å². The van der Waals surface area contributed by atoms with Crippen LogP contribution in [0.1, 0.15) is 17.3 Å². The van der Waals surface area contributed by atoms with Crippen LogP contribution in [0, 0.1) is 5.82 Å². The van der Waals surface area contributed by atoms with Crippen molar-refractivity contribution in [1.29, 1.82) is 0 Å². The highest BCUT2D eigenvalue weighted by Crippen LogP contribution is 2.33. The van der Waals surface area contributed by atoms with Gasteiger partial charge in [0.2, 0.25) is 0 Å². The average Bonchev–Trinajstić information content (AvgIpc) is 3.04. The Morgan fingerprint density at radius 1 is 1.40 bits per heavy atom. The Bertz CT molecular complexity index is 731. The number of carbonyl (C=O) groups is 1. The van der Waals surface area contributed by atoms with Crippen molar-refractivity contribution >= 4 is 11.7 Å². The van der Waals surface area contributed by atoms with E-state index in [-0.39, 0.29) is 23.0 Å². The van der Waals surface area contributed by atoms with Crippen molar-refractivity contribution in [2.24, 2.45) is 0 Å². The Kier molecular flexibility index (Phi) is 6.35. The Morgan fingerprint density at radius 2 is 2.16 bits per heavy atom. The van der Waals surface area contributed by atoms with E-state index < -0.39 is 5.82 Å². The van der Waals surface area contributed by atoms with Crippen LogP contribution >= 0.6 is 0 Å². The molecular formula is C17H22FN3O4. The molecule has 1 N–H and O–H groups in total. The van der Waals surface area contributed by atoms with Gasteiger partial charge in [0.25, 0.3) is 5.91 Å². The largest absolute Gasteiger partial charge is 0.494 e. The van der Waals surface area contributed by atoms with Gasteiger partial charge in [0, 0.05) is 32.8 Å². The Morgan fingerprint density at radius 3 is 2.80 bits per heavy atom. The third kappa shape index (κ3) is 4.27. The van der Waals surface area contributed by atoms with Crippen LogP contribution in [0.4, 0.5) is 10.2 Å². The van der Waals surface area contributed by atoms with Crippen molar-refractivity contribution in [2.75, 3.05) is 45.9 Å². The number of halogens is 1. The standard InChI is InChI=1S/C17H22FN3O4/c1-5-24-9-8-19-17(22)14-15(25-20-16(14)21(2)3)11-6-7-12(18)13(10-11)23-4/h6-7,10H,5,8-9H2,1-4H3,(H,19,22). The average molecular weight is 351 g/mol. The number of hydrogen-bond donors (Lipinski definition) is 1. The van der Waals surface area contributed by atoms with Crippen molar-refractivity contribution in [3.8, 4) is 17.1 Å². The van der Waals surface area contributed by atoms with Crippen LogP contribution in [0.15, 0.2) is 22.7 Å². The second-order valence-corrected chi connectivity index (χ2v) is 5.41. The van der Waals surface area contributed by atoms with Crippen LogP contribution in [0.2, 0.25) is 0 Å². The minimum absolute atomic E-state index is 0.0583. The molecule has 1 heterocycles. The number of methoxy groups -OCH3 is 1. The minimum Gasteiger partial charge on any atom is -0.494 e. The summed E-state index contributed by atoms with van der Waals surface area (Å²) in [5, 5.41) is 6.73. The van der Waals surface area contributed by atoms with Crippen molar-refractivity contribution < 1.29 is 23.2 Å². The molecule has 7 nitrogen and oxygen atoms in total. The number of nitrogens with zero attached hydrogens (tertiary/aromatic N) is 2. The van der Waals surface area contributed by atoms with Gasteiger partial charge in [-0.25, -0.2) is 4.39 Å². The van der Waals surface area contributed by atoms with Crippen LogP contribution in [0.25, 0.3) is 11.3 Å². The Balaban J connectivity index is 2.37. The number of aromatic nitrogens is 1. The summed E-state index contributed by atoms with van der Waals surface area (Å²) in [6.45, 7) is 3.22. The van der Waals surface area contributed by atoms with E-state index in [4.69, 9.17) is 14.0 Å². The van der Waals surface area contributed by atoms with Gasteiger partial charge in [-0.15, -0.1) is 0 Å². The zero-order valence-electron chi connectivity index (χ0n) is 14.8. The first-order chi connectivity index (χ1) is 12.0. The molecule has 1 aromatic heterocycles. The van der Waals surface area contributed by atoms with E-state index in [1.54, 1.807) is 19.0 Å². The van der Waals surface area contributed by atoms with Gasteiger partial charge in [-0.05, 0) is 25.1 Å². The summed E-state index contributed by atoms with van der Waals surface area (Å²) in [4.78, 5) is 14.3. The fraction of sp³-hybridized carbons (Fsp3) is 0.412. The summed E-state index contributed by atoms with van der Waals surface area (Å²) in [6.07, 6.45) is 0. The fourth-order valence-electron chi connectivity index (χ4n) is 2.26. The van der Waals surface area contributed by atoms with Gasteiger partial charge < -0.3 is 24.2 Å². The molecule has 2 aromatic rings. The third-order valence-corrected chi connectivity index (χ3v) is 3.47. The second-order valence-electron chi connectivity index (χ2n) is 5.41. The first-order valence-electron chi connectivity index (χ1n) is 7.86. The SMILES string of the molecule is CCOCCNC(=O)c1c(N(C)C)noc1-c1ccc(F)c(OC)c1. The molecule has 0 bridgehead atoms. The van der Waals surface area contributed by atoms with Gasteiger partial charge in [0.05, 0.1) is 13.7 Å². The summed E-state index contributed by atoms with van der Waals surface area (Å²) in [5.41, 5.74) is 0.768. The van der Waals surface area contributed by atoms with Crippen LogP contribution in [0.3, 0.4) is 0 Å². The molecule has 0 unspecified atom stereocenters. The molecule has 0 spiro atoms. The van der Waals surface area contributed by atoms with E-state index in [2.05, 4.69) is 10.5 Å². The first-order valence-corrected chi connectivity index (χ1v) is 7.86. The van der Waals surface area contributed by atoms with Gasteiger partial charge in [-0.1, -0.05) is 5.16 Å². The molecule has 0 radical (unpaired) electrons. The number of anilines is 1. The summed E-state index contributed by atoms with van der Waals surface area (Å²) in [6, 6.07) is 4.23. The first kappa shape index (κ1) is 18.7. The van der Waals surface area contributed by atoms with Gasteiger partial charge in [0.1, 0.15) is 5.56 Å². The minimum atomic E-state index is -0.499. The van der Waals surface area contributed by atoms with E-state index >= 15 is 0 Å². The van der Waals surface area contributed by atoms with E-state index in [1.807, 2.05) is 6.92 Å². The Hall–Kier alpha value is -2.61.